The first-order chi connectivity index (χ1) is 10.8. The maximum Gasteiger partial charge on any atom is 0.429 e. The van der Waals surface area contributed by atoms with Crippen molar-refractivity contribution in [3.63, 3.8) is 0 Å². The minimum atomic E-state index is -5.10. The first-order valence-corrected chi connectivity index (χ1v) is 6.16. The lowest BCUT2D eigenvalue weighted by Crippen LogP contribution is -2.26. The fraction of sp³-hybridized carbons (Fsp3) is 0.286. The molecular weight excluding hydrogens is 346 g/mol. The van der Waals surface area contributed by atoms with Gasteiger partial charge >= 0.3 is 24.3 Å². The Labute approximate surface area is 131 Å². The summed E-state index contributed by atoms with van der Waals surface area (Å²) >= 11 is 0. The highest BCUT2D eigenvalue weighted by Gasteiger charge is 2.44. The van der Waals surface area contributed by atoms with E-state index in [1.807, 2.05) is 0 Å². The molecule has 1 atom stereocenters. The summed E-state index contributed by atoms with van der Waals surface area (Å²) in [5.74, 6) is -3.12. The summed E-state index contributed by atoms with van der Waals surface area (Å²) in [5, 5.41) is 8.51. The number of hydrogen-bond donors (Lipinski definition) is 1. The third-order valence-corrected chi connectivity index (χ3v) is 2.75. The lowest BCUT2D eigenvalue weighted by atomic mass is 10.1. The van der Waals surface area contributed by atoms with Gasteiger partial charge in [-0.1, -0.05) is 18.7 Å². The van der Waals surface area contributed by atoms with Crippen molar-refractivity contribution in [3.8, 4) is 0 Å². The molecule has 0 saturated heterocycles. The van der Waals surface area contributed by atoms with E-state index in [1.165, 1.54) is 0 Å². The number of carbonyl (C=O) groups excluding carboxylic acids is 1. The van der Waals surface area contributed by atoms with Gasteiger partial charge in [0, 0.05) is 11.1 Å². The summed E-state index contributed by atoms with van der Waals surface area (Å²) in [6.07, 6.45) is -13.7. The minimum Gasteiger partial charge on any atom is -0.478 e. The van der Waals surface area contributed by atoms with Crippen LogP contribution >= 0.6 is 0 Å². The molecule has 0 heterocycles. The predicted octanol–water partition coefficient (Wildman–Crippen LogP) is 3.88. The summed E-state index contributed by atoms with van der Waals surface area (Å²) in [6, 6.07) is 1.89. The lowest BCUT2D eigenvalue weighted by molar-refractivity contribution is -0.223. The van der Waals surface area contributed by atoms with Gasteiger partial charge in [0.15, 0.2) is 0 Å². The topological polar surface area (TPSA) is 63.6 Å². The molecule has 0 saturated carbocycles. The number of ether oxygens (including phenoxy) is 1. The van der Waals surface area contributed by atoms with Crippen LogP contribution in [-0.4, -0.2) is 23.2 Å². The van der Waals surface area contributed by atoms with E-state index in [4.69, 9.17) is 5.11 Å². The molecule has 132 valence electrons. The van der Waals surface area contributed by atoms with Crippen LogP contribution in [0, 0.1) is 0 Å². The van der Waals surface area contributed by atoms with E-state index in [2.05, 4.69) is 11.3 Å². The van der Waals surface area contributed by atoms with Gasteiger partial charge in [0.05, 0.1) is 12.0 Å². The standard InChI is InChI=1S/C14H10F6O4/c1-7(12(22)23)6-10(21)24-11(14(18,19)20)8-2-4-9(5-3-8)13(15,16)17/h2-5,11H,1,6H2,(H,22,23)/t11-/m0/s1. The normalized spacial score (nSPS) is 13.2. The van der Waals surface area contributed by atoms with Crippen LogP contribution in [0.1, 0.15) is 23.7 Å². The average Bonchev–Trinajstić information content (AvgIpc) is 2.42. The number of benzene rings is 1. The van der Waals surface area contributed by atoms with Gasteiger partial charge in [-0.25, -0.2) is 4.79 Å². The van der Waals surface area contributed by atoms with Crippen LogP contribution in [0.3, 0.4) is 0 Å². The van der Waals surface area contributed by atoms with Crippen molar-refractivity contribution < 1.29 is 45.8 Å². The maximum absolute atomic E-state index is 13.0. The third-order valence-electron chi connectivity index (χ3n) is 2.75. The Morgan fingerprint density at radius 3 is 1.96 bits per heavy atom. The Balaban J connectivity index is 3.00. The number of hydrogen-bond acceptors (Lipinski definition) is 3. The number of carbonyl (C=O) groups is 2. The number of carboxylic acids is 1. The molecule has 0 spiro atoms. The number of alkyl halides is 6. The van der Waals surface area contributed by atoms with Gasteiger partial charge in [-0.15, -0.1) is 0 Å². The van der Waals surface area contributed by atoms with Gasteiger partial charge in [0.2, 0.25) is 6.10 Å². The van der Waals surface area contributed by atoms with E-state index in [1.54, 1.807) is 0 Å². The second kappa shape index (κ2) is 6.93. The van der Waals surface area contributed by atoms with Gasteiger partial charge in [0.1, 0.15) is 0 Å². The molecule has 0 aliphatic carbocycles. The zero-order valence-corrected chi connectivity index (χ0v) is 11.7. The summed E-state index contributed by atoms with van der Waals surface area (Å²) in [7, 11) is 0. The van der Waals surface area contributed by atoms with Crippen molar-refractivity contribution >= 4 is 11.9 Å². The fourth-order valence-corrected chi connectivity index (χ4v) is 1.59. The highest BCUT2D eigenvalue weighted by atomic mass is 19.4. The van der Waals surface area contributed by atoms with Gasteiger partial charge in [-0.2, -0.15) is 26.3 Å². The lowest BCUT2D eigenvalue weighted by Gasteiger charge is -2.21. The minimum absolute atomic E-state index is 0.415. The van der Waals surface area contributed by atoms with Gasteiger partial charge in [-0.05, 0) is 12.1 Å². The third kappa shape index (κ3) is 5.28. The van der Waals surface area contributed by atoms with Crippen molar-refractivity contribution in [1.82, 2.24) is 0 Å². The highest BCUT2D eigenvalue weighted by molar-refractivity contribution is 5.91. The first-order valence-electron chi connectivity index (χ1n) is 6.16. The molecule has 24 heavy (non-hydrogen) atoms. The van der Waals surface area contributed by atoms with Crippen molar-refractivity contribution in [2.24, 2.45) is 0 Å². The second-order valence-electron chi connectivity index (χ2n) is 4.62. The molecule has 1 N–H and O–H groups in total. The van der Waals surface area contributed by atoms with E-state index in [-0.39, 0.29) is 0 Å². The van der Waals surface area contributed by atoms with Crippen molar-refractivity contribution in [3.05, 3.63) is 47.5 Å². The molecule has 1 aromatic carbocycles. The SMILES string of the molecule is C=C(CC(=O)O[C@@H](c1ccc(C(F)(F)F)cc1)C(F)(F)F)C(=O)O. The maximum atomic E-state index is 13.0. The second-order valence-corrected chi connectivity index (χ2v) is 4.62. The number of halogens is 6. The van der Waals surface area contributed by atoms with E-state index in [9.17, 15) is 35.9 Å². The van der Waals surface area contributed by atoms with Gasteiger partial charge < -0.3 is 9.84 Å². The van der Waals surface area contributed by atoms with Gasteiger partial charge in [-0.3, -0.25) is 4.79 Å². The Kier molecular flexibility index (Phi) is 5.64. The molecule has 0 amide bonds. The predicted molar refractivity (Wildman–Crippen MR) is 67.7 cm³/mol. The van der Waals surface area contributed by atoms with E-state index in [0.29, 0.717) is 24.3 Å². The van der Waals surface area contributed by atoms with Crippen LogP contribution in [0.5, 0.6) is 0 Å². The molecule has 0 aliphatic heterocycles. The number of carboxylic acid groups (broad SMARTS) is 1. The average molecular weight is 356 g/mol. The van der Waals surface area contributed by atoms with Crippen molar-refractivity contribution in [1.29, 1.82) is 0 Å². The van der Waals surface area contributed by atoms with E-state index in [0.717, 1.165) is 0 Å². The molecule has 1 aromatic rings. The summed E-state index contributed by atoms with van der Waals surface area (Å²) in [4.78, 5) is 21.9. The van der Waals surface area contributed by atoms with Crippen LogP contribution in [0.2, 0.25) is 0 Å². The molecule has 10 heteroatoms. The largest absolute Gasteiger partial charge is 0.478 e. The van der Waals surface area contributed by atoms with Crippen LogP contribution < -0.4 is 0 Å². The van der Waals surface area contributed by atoms with Crippen molar-refractivity contribution in [2.75, 3.05) is 0 Å². The quantitative estimate of drug-likeness (QED) is 0.494. The summed E-state index contributed by atoms with van der Waals surface area (Å²) in [5.41, 5.74) is -2.59. The van der Waals surface area contributed by atoms with E-state index >= 15 is 0 Å². The summed E-state index contributed by atoms with van der Waals surface area (Å²) in [6.45, 7) is 2.97. The molecule has 0 fully saturated rings. The molecular formula is C14H10F6O4. The first kappa shape index (κ1) is 19.5. The number of aliphatic carboxylic acids is 1. The highest BCUT2D eigenvalue weighted by Crippen LogP contribution is 2.37. The van der Waals surface area contributed by atoms with E-state index < -0.39 is 53.5 Å². The van der Waals surface area contributed by atoms with Crippen molar-refractivity contribution in [2.45, 2.75) is 24.9 Å². The Bertz CT molecular complexity index is 630. The molecule has 0 bridgehead atoms. The number of esters is 1. The van der Waals surface area contributed by atoms with Crippen LogP contribution in [0.25, 0.3) is 0 Å². The summed E-state index contributed by atoms with van der Waals surface area (Å²) < 4.78 is 80.3. The Morgan fingerprint density at radius 1 is 1.08 bits per heavy atom. The molecule has 1 rings (SSSR count). The molecule has 0 aliphatic rings. The Hall–Kier alpha value is -2.52. The molecule has 0 aromatic heterocycles. The molecule has 0 unspecified atom stereocenters. The van der Waals surface area contributed by atoms with Crippen LogP contribution in [0.15, 0.2) is 36.4 Å². The van der Waals surface area contributed by atoms with Crippen LogP contribution in [-0.2, 0) is 20.5 Å². The Morgan fingerprint density at radius 2 is 1.58 bits per heavy atom. The van der Waals surface area contributed by atoms with Crippen LogP contribution in [0.4, 0.5) is 26.3 Å². The zero-order chi connectivity index (χ0) is 18.7. The smallest absolute Gasteiger partial charge is 0.429 e. The monoisotopic (exact) mass is 356 g/mol. The molecule has 0 radical (unpaired) electrons. The zero-order valence-electron chi connectivity index (χ0n) is 11.7. The molecule has 4 nitrogen and oxygen atoms in total. The fourth-order valence-electron chi connectivity index (χ4n) is 1.59. The van der Waals surface area contributed by atoms with Gasteiger partial charge in [0.25, 0.3) is 0 Å². The number of rotatable bonds is 5.